The lowest BCUT2D eigenvalue weighted by molar-refractivity contribution is 0.0965. The van der Waals surface area contributed by atoms with Crippen LogP contribution in [-0.2, 0) is 27.7 Å². The topological polar surface area (TPSA) is 168 Å². The third-order valence-electron chi connectivity index (χ3n) is 6.86. The summed E-state index contributed by atoms with van der Waals surface area (Å²) in [7, 11) is -3.71. The van der Waals surface area contributed by atoms with Gasteiger partial charge in [-0.2, -0.15) is 4.31 Å². The molecule has 0 saturated carbocycles. The van der Waals surface area contributed by atoms with Crippen LogP contribution in [0.4, 0.5) is 14.6 Å². The molecule has 1 aromatic heterocycles. The summed E-state index contributed by atoms with van der Waals surface area (Å²) < 4.78 is 32.9. The number of piperidine rings is 1. The molecule has 4 rings (SSSR count). The first-order valence-corrected chi connectivity index (χ1v) is 15.2. The number of ether oxygens (including phenoxy) is 1. The zero-order chi connectivity index (χ0) is 29.2. The average molecular weight is 592 g/mol. The molecule has 1 fully saturated rings. The van der Waals surface area contributed by atoms with Gasteiger partial charge in [-0.3, -0.25) is 14.9 Å². The summed E-state index contributed by atoms with van der Waals surface area (Å²) >= 11 is 1.11. The number of thiophene rings is 1. The maximum absolute atomic E-state index is 13.2. The van der Waals surface area contributed by atoms with Gasteiger partial charge in [-0.1, -0.05) is 13.8 Å². The van der Waals surface area contributed by atoms with Gasteiger partial charge in [0.2, 0.25) is 10.0 Å². The molecule has 1 aromatic carbocycles. The van der Waals surface area contributed by atoms with Crippen LogP contribution in [0.5, 0.6) is 0 Å². The van der Waals surface area contributed by atoms with Crippen LogP contribution in [0, 0.1) is 11.8 Å². The molecule has 4 N–H and O–H groups in total. The average Bonchev–Trinajstić information content (AvgIpc) is 3.25. The second-order valence-electron chi connectivity index (χ2n) is 10.1. The first-order valence-electron chi connectivity index (χ1n) is 13.0. The highest BCUT2D eigenvalue weighted by Gasteiger charge is 2.33. The van der Waals surface area contributed by atoms with E-state index in [1.54, 1.807) is 6.92 Å². The molecule has 1 saturated heterocycles. The van der Waals surface area contributed by atoms with Crippen molar-refractivity contribution in [1.82, 2.24) is 14.5 Å². The first kappa shape index (κ1) is 29.5. The number of amides is 5. The molecule has 2 unspecified atom stereocenters. The van der Waals surface area contributed by atoms with Crippen LogP contribution in [0.15, 0.2) is 29.2 Å². The van der Waals surface area contributed by atoms with E-state index in [1.165, 1.54) is 33.5 Å². The zero-order valence-corrected chi connectivity index (χ0v) is 24.2. The number of carbonyl (C=O) groups excluding carboxylic acids is 4. The molecule has 0 aliphatic carbocycles. The number of anilines is 1. The molecule has 2 aliphatic rings. The number of primary amides is 1. The lowest BCUT2D eigenvalue weighted by Gasteiger charge is -2.34. The molecule has 0 radical (unpaired) electrons. The van der Waals surface area contributed by atoms with E-state index >= 15 is 0 Å². The second-order valence-corrected chi connectivity index (χ2v) is 13.2. The van der Waals surface area contributed by atoms with Crippen LogP contribution in [0.2, 0.25) is 0 Å². The van der Waals surface area contributed by atoms with Gasteiger partial charge in [0.05, 0.1) is 23.6 Å². The third kappa shape index (κ3) is 6.29. The highest BCUT2D eigenvalue weighted by molar-refractivity contribution is 7.89. The summed E-state index contributed by atoms with van der Waals surface area (Å²) in [5.41, 5.74) is 6.04. The van der Waals surface area contributed by atoms with Gasteiger partial charge in [0.15, 0.2) is 0 Å². The summed E-state index contributed by atoms with van der Waals surface area (Å²) in [5.74, 6) is -0.828. The maximum Gasteiger partial charge on any atom is 0.410 e. The fourth-order valence-corrected chi connectivity index (χ4v) is 8.12. The number of urea groups is 1. The SMILES string of the molecule is CCOC(=O)N1CCc2c(sc(NC(=O)c3ccc(S(=O)(=O)N4CC(C)CC(C)C4)cc3)c2C(=O)NC(N)=O)C1. The molecular weight excluding hydrogens is 558 g/mol. The number of hydrogen-bond donors (Lipinski definition) is 3. The van der Waals surface area contributed by atoms with E-state index < -0.39 is 34.0 Å². The summed E-state index contributed by atoms with van der Waals surface area (Å²) in [4.78, 5) is 51.9. The van der Waals surface area contributed by atoms with Crippen LogP contribution >= 0.6 is 11.3 Å². The molecule has 2 aromatic rings. The lowest BCUT2D eigenvalue weighted by atomic mass is 9.94. The van der Waals surface area contributed by atoms with Gasteiger partial charge in [0.25, 0.3) is 11.8 Å². The Morgan fingerprint density at radius 1 is 1.07 bits per heavy atom. The van der Waals surface area contributed by atoms with E-state index in [0.717, 1.165) is 17.8 Å². The van der Waals surface area contributed by atoms with Crippen molar-refractivity contribution in [2.75, 3.05) is 31.6 Å². The number of imide groups is 1. The first-order chi connectivity index (χ1) is 18.9. The number of hydrogen-bond acceptors (Lipinski definition) is 8. The number of nitrogens with one attached hydrogen (secondary N) is 2. The summed E-state index contributed by atoms with van der Waals surface area (Å²) in [6.07, 6.45) is 0.790. The standard InChI is InChI=1S/C26H33N5O7S2/c1-4-38-26(35)30-10-9-19-20(14-30)39-24(21(19)23(33)29-25(27)34)28-22(32)17-5-7-18(8-6-17)40(36,37)31-12-15(2)11-16(3)13-31/h5-8,15-16H,4,9-14H2,1-3H3,(H,28,32)(H3,27,29,33,34). The normalized spacial score (nSPS) is 19.4. The van der Waals surface area contributed by atoms with Crippen LogP contribution in [0.1, 0.15) is 58.3 Å². The monoisotopic (exact) mass is 591 g/mol. The Morgan fingerprint density at radius 3 is 2.33 bits per heavy atom. The summed E-state index contributed by atoms with van der Waals surface area (Å²) in [6, 6.07) is 4.58. The lowest BCUT2D eigenvalue weighted by Crippen LogP contribution is -2.42. The summed E-state index contributed by atoms with van der Waals surface area (Å²) in [5, 5.41) is 4.94. The van der Waals surface area contributed by atoms with E-state index in [-0.39, 0.29) is 52.6 Å². The Bertz CT molecular complexity index is 1410. The fraction of sp³-hybridized carbons (Fsp3) is 0.462. The molecule has 14 heteroatoms. The van der Waals surface area contributed by atoms with Crippen molar-refractivity contribution in [2.24, 2.45) is 17.6 Å². The van der Waals surface area contributed by atoms with Crippen molar-refractivity contribution in [1.29, 1.82) is 0 Å². The molecule has 0 bridgehead atoms. The predicted molar refractivity (Wildman–Crippen MR) is 149 cm³/mol. The predicted octanol–water partition coefficient (Wildman–Crippen LogP) is 2.99. The highest BCUT2D eigenvalue weighted by Crippen LogP contribution is 2.38. The Kier molecular flexibility index (Phi) is 8.80. The van der Waals surface area contributed by atoms with E-state index in [1.807, 2.05) is 19.2 Å². The number of carbonyl (C=O) groups is 4. The molecule has 40 heavy (non-hydrogen) atoms. The zero-order valence-electron chi connectivity index (χ0n) is 22.6. The van der Waals surface area contributed by atoms with Crippen molar-refractivity contribution in [2.45, 2.75) is 45.1 Å². The van der Waals surface area contributed by atoms with Gasteiger partial charge in [0, 0.05) is 30.1 Å². The minimum atomic E-state index is -3.71. The van der Waals surface area contributed by atoms with E-state index in [2.05, 4.69) is 5.32 Å². The van der Waals surface area contributed by atoms with E-state index in [4.69, 9.17) is 10.5 Å². The quantitative estimate of drug-likeness (QED) is 0.464. The van der Waals surface area contributed by atoms with Crippen molar-refractivity contribution in [3.05, 3.63) is 45.8 Å². The largest absolute Gasteiger partial charge is 0.450 e. The maximum atomic E-state index is 13.2. The Hall–Kier alpha value is -3.49. The van der Waals surface area contributed by atoms with Gasteiger partial charge in [-0.05, 0) is 61.4 Å². The van der Waals surface area contributed by atoms with Crippen LogP contribution in [0.3, 0.4) is 0 Å². The molecule has 3 heterocycles. The highest BCUT2D eigenvalue weighted by atomic mass is 32.2. The van der Waals surface area contributed by atoms with Crippen LogP contribution in [0.25, 0.3) is 0 Å². The minimum Gasteiger partial charge on any atom is -0.450 e. The Balaban J connectivity index is 1.56. The van der Waals surface area contributed by atoms with Crippen molar-refractivity contribution < 1.29 is 32.3 Å². The number of sulfonamides is 1. The van der Waals surface area contributed by atoms with Crippen molar-refractivity contribution in [3.8, 4) is 0 Å². The van der Waals surface area contributed by atoms with Crippen LogP contribution in [-0.4, -0.2) is 67.8 Å². The van der Waals surface area contributed by atoms with Gasteiger partial charge in [0.1, 0.15) is 5.00 Å². The Labute approximate surface area is 236 Å². The molecular formula is C26H33N5O7S2. The molecule has 2 atom stereocenters. The number of nitrogens with zero attached hydrogens (tertiary/aromatic N) is 2. The number of rotatable bonds is 6. The number of nitrogens with two attached hydrogens (primary N) is 1. The third-order valence-corrected chi connectivity index (χ3v) is 9.84. The number of benzene rings is 1. The van der Waals surface area contributed by atoms with Crippen molar-refractivity contribution >= 4 is 50.3 Å². The van der Waals surface area contributed by atoms with Crippen molar-refractivity contribution in [3.63, 3.8) is 0 Å². The fourth-order valence-electron chi connectivity index (χ4n) is 5.18. The minimum absolute atomic E-state index is 0.0949. The van der Waals surface area contributed by atoms with E-state index in [9.17, 15) is 27.6 Å². The smallest absolute Gasteiger partial charge is 0.410 e. The molecule has 12 nitrogen and oxygen atoms in total. The molecule has 2 aliphatic heterocycles. The summed E-state index contributed by atoms with van der Waals surface area (Å²) in [6.45, 7) is 7.33. The van der Waals surface area contributed by atoms with Gasteiger partial charge in [-0.15, -0.1) is 11.3 Å². The number of fused-ring (bicyclic) bond motifs is 1. The molecule has 216 valence electrons. The molecule has 5 amide bonds. The van der Waals surface area contributed by atoms with Gasteiger partial charge >= 0.3 is 12.1 Å². The van der Waals surface area contributed by atoms with Gasteiger partial charge in [-0.25, -0.2) is 18.0 Å². The van der Waals surface area contributed by atoms with Gasteiger partial charge < -0.3 is 20.7 Å². The molecule has 0 spiro atoms. The second kappa shape index (κ2) is 11.9. The Morgan fingerprint density at radius 2 is 1.73 bits per heavy atom. The van der Waals surface area contributed by atoms with Crippen LogP contribution < -0.4 is 16.4 Å². The van der Waals surface area contributed by atoms with E-state index in [0.29, 0.717) is 30.0 Å².